The zero-order chi connectivity index (χ0) is 10.8. The van der Waals surface area contributed by atoms with Crippen molar-refractivity contribution in [2.45, 2.75) is 18.9 Å². The minimum Gasteiger partial charge on any atom is -0.497 e. The van der Waals surface area contributed by atoms with Crippen LogP contribution in [0.15, 0.2) is 22.7 Å². The second-order valence-electron chi connectivity index (χ2n) is 3.65. The molecule has 2 nitrogen and oxygen atoms in total. The van der Waals surface area contributed by atoms with Crippen molar-refractivity contribution in [1.29, 1.82) is 0 Å². The van der Waals surface area contributed by atoms with Crippen molar-refractivity contribution in [3.8, 4) is 5.75 Å². The monoisotopic (exact) mass is 268 g/mol. The number of benzene rings is 1. The van der Waals surface area contributed by atoms with Crippen LogP contribution in [0.3, 0.4) is 0 Å². The van der Waals surface area contributed by atoms with Gasteiger partial charge in [0.05, 0.1) is 13.2 Å². The van der Waals surface area contributed by atoms with Crippen molar-refractivity contribution in [3.05, 3.63) is 33.8 Å². The molecule has 80 valence electrons. The number of ether oxygens (including phenoxy) is 1. The van der Waals surface area contributed by atoms with Gasteiger partial charge in [-0.2, -0.15) is 0 Å². The Hall–Kier alpha value is -0.800. The van der Waals surface area contributed by atoms with E-state index in [-0.39, 0.29) is 6.10 Å². The Bertz CT molecular complexity index is 399. The van der Waals surface area contributed by atoms with E-state index in [0.29, 0.717) is 0 Å². The maximum atomic E-state index is 9.71. The van der Waals surface area contributed by atoms with Crippen molar-refractivity contribution in [2.24, 2.45) is 0 Å². The lowest BCUT2D eigenvalue weighted by Gasteiger charge is -2.06. The fourth-order valence-corrected chi connectivity index (χ4v) is 2.22. The first-order valence-corrected chi connectivity index (χ1v) is 5.72. The summed E-state index contributed by atoms with van der Waals surface area (Å²) in [6, 6.07) is 5.99. The summed E-state index contributed by atoms with van der Waals surface area (Å²) in [6.45, 7) is 0. The quantitative estimate of drug-likeness (QED) is 0.849. The van der Waals surface area contributed by atoms with Gasteiger partial charge in [0.25, 0.3) is 0 Å². The van der Waals surface area contributed by atoms with Crippen LogP contribution in [0.25, 0.3) is 6.08 Å². The second kappa shape index (κ2) is 4.37. The molecule has 0 bridgehead atoms. The highest BCUT2D eigenvalue weighted by Gasteiger charge is 2.15. The lowest BCUT2D eigenvalue weighted by atomic mass is 10.0. The third-order valence-corrected chi connectivity index (χ3v) is 3.41. The molecule has 1 aliphatic carbocycles. The van der Waals surface area contributed by atoms with Crippen LogP contribution in [-0.2, 0) is 6.42 Å². The van der Waals surface area contributed by atoms with Gasteiger partial charge in [0.2, 0.25) is 0 Å². The van der Waals surface area contributed by atoms with Gasteiger partial charge in [0, 0.05) is 4.48 Å². The van der Waals surface area contributed by atoms with Gasteiger partial charge >= 0.3 is 0 Å². The Kier molecular flexibility index (Phi) is 3.12. The van der Waals surface area contributed by atoms with Crippen molar-refractivity contribution >= 4 is 22.0 Å². The number of fused-ring (bicyclic) bond motifs is 1. The molecule has 1 N–H and O–H groups in total. The smallest absolute Gasteiger partial charge is 0.119 e. The minimum atomic E-state index is -0.386. The van der Waals surface area contributed by atoms with Crippen LogP contribution in [0.5, 0.6) is 5.75 Å². The molecule has 2 rings (SSSR count). The molecule has 0 aromatic heterocycles. The third-order valence-electron chi connectivity index (χ3n) is 2.65. The zero-order valence-corrected chi connectivity index (χ0v) is 10.1. The number of halogens is 1. The first-order chi connectivity index (χ1) is 7.20. The number of hydrogen-bond acceptors (Lipinski definition) is 2. The summed E-state index contributed by atoms with van der Waals surface area (Å²) in [5, 5.41) is 9.71. The Morgan fingerprint density at radius 1 is 1.47 bits per heavy atom. The fourth-order valence-electron chi connectivity index (χ4n) is 1.74. The van der Waals surface area contributed by atoms with Crippen LogP contribution in [0.1, 0.15) is 17.5 Å². The second-order valence-corrected chi connectivity index (χ2v) is 4.56. The summed E-state index contributed by atoms with van der Waals surface area (Å²) >= 11 is 3.39. The normalized spacial score (nSPS) is 20.2. The van der Waals surface area contributed by atoms with Crippen LogP contribution in [-0.4, -0.2) is 18.3 Å². The number of aliphatic hydroxyl groups is 1. The first-order valence-electron chi connectivity index (χ1n) is 4.93. The van der Waals surface area contributed by atoms with Crippen LogP contribution in [0.4, 0.5) is 0 Å². The Morgan fingerprint density at radius 3 is 3.00 bits per heavy atom. The molecule has 0 radical (unpaired) electrons. The Morgan fingerprint density at radius 2 is 2.27 bits per heavy atom. The molecule has 1 atom stereocenters. The van der Waals surface area contributed by atoms with Crippen LogP contribution in [0.2, 0.25) is 0 Å². The predicted molar refractivity (Wildman–Crippen MR) is 64.2 cm³/mol. The molecule has 0 fully saturated rings. The SMILES string of the molecule is COc1ccc2c(c1)CCC(O)C(Br)=C2. The van der Waals surface area contributed by atoms with Crippen molar-refractivity contribution in [1.82, 2.24) is 0 Å². The summed E-state index contributed by atoms with van der Waals surface area (Å²) in [5.41, 5.74) is 2.38. The minimum absolute atomic E-state index is 0.386. The van der Waals surface area contributed by atoms with Gasteiger partial charge in [0.15, 0.2) is 0 Å². The highest BCUT2D eigenvalue weighted by atomic mass is 79.9. The summed E-state index contributed by atoms with van der Waals surface area (Å²) in [7, 11) is 1.67. The molecule has 1 aromatic carbocycles. The molecule has 0 aliphatic heterocycles. The molecule has 0 amide bonds. The number of methoxy groups -OCH3 is 1. The standard InChI is InChI=1S/C12H13BrO2/c1-15-10-4-2-9-7-11(13)12(14)5-3-8(9)6-10/h2,4,6-7,12,14H,3,5H2,1H3. The largest absolute Gasteiger partial charge is 0.497 e. The fraction of sp³-hybridized carbons (Fsp3) is 0.333. The average Bonchev–Trinajstić information content (AvgIpc) is 2.39. The zero-order valence-electron chi connectivity index (χ0n) is 8.53. The molecule has 3 heteroatoms. The average molecular weight is 269 g/mol. The summed E-state index contributed by atoms with van der Waals surface area (Å²) in [5.74, 6) is 0.870. The van der Waals surface area contributed by atoms with E-state index in [9.17, 15) is 5.11 Å². The highest BCUT2D eigenvalue weighted by Crippen LogP contribution is 2.28. The summed E-state index contributed by atoms with van der Waals surface area (Å²) in [6.07, 6.45) is 3.21. The lowest BCUT2D eigenvalue weighted by Crippen LogP contribution is -2.05. The van der Waals surface area contributed by atoms with E-state index in [4.69, 9.17) is 4.74 Å². The molecule has 0 saturated carbocycles. The Labute approximate surface area is 97.7 Å². The molecule has 15 heavy (non-hydrogen) atoms. The molecule has 0 saturated heterocycles. The van der Waals surface area contributed by atoms with E-state index in [1.54, 1.807) is 7.11 Å². The molecule has 0 spiro atoms. The van der Waals surface area contributed by atoms with Gasteiger partial charge in [-0.3, -0.25) is 0 Å². The summed E-state index contributed by atoms with van der Waals surface area (Å²) < 4.78 is 6.03. The topological polar surface area (TPSA) is 29.5 Å². The van der Waals surface area contributed by atoms with E-state index < -0.39 is 0 Å². The van der Waals surface area contributed by atoms with E-state index in [0.717, 1.165) is 28.6 Å². The summed E-state index contributed by atoms with van der Waals surface area (Å²) in [4.78, 5) is 0. The number of hydrogen-bond donors (Lipinski definition) is 1. The number of aliphatic hydroxyl groups excluding tert-OH is 1. The molecule has 1 unspecified atom stereocenters. The van der Waals surface area contributed by atoms with Gasteiger partial charge in [0.1, 0.15) is 5.75 Å². The van der Waals surface area contributed by atoms with Crippen molar-refractivity contribution in [3.63, 3.8) is 0 Å². The van der Waals surface area contributed by atoms with E-state index in [1.165, 1.54) is 5.56 Å². The van der Waals surface area contributed by atoms with Gasteiger partial charge in [-0.05, 0) is 42.2 Å². The number of rotatable bonds is 1. The Balaban J connectivity index is 2.41. The number of aryl methyl sites for hydroxylation is 1. The molecular formula is C12H13BrO2. The van der Waals surface area contributed by atoms with E-state index in [1.807, 2.05) is 24.3 Å². The van der Waals surface area contributed by atoms with Crippen LogP contribution >= 0.6 is 15.9 Å². The third kappa shape index (κ3) is 2.24. The van der Waals surface area contributed by atoms with E-state index >= 15 is 0 Å². The first kappa shape index (κ1) is 10.7. The lowest BCUT2D eigenvalue weighted by molar-refractivity contribution is 0.212. The molecular weight excluding hydrogens is 256 g/mol. The van der Waals surface area contributed by atoms with Gasteiger partial charge < -0.3 is 9.84 Å². The molecule has 1 aromatic rings. The maximum Gasteiger partial charge on any atom is 0.119 e. The molecule has 0 heterocycles. The van der Waals surface area contributed by atoms with E-state index in [2.05, 4.69) is 15.9 Å². The van der Waals surface area contributed by atoms with Crippen LogP contribution in [0, 0.1) is 0 Å². The van der Waals surface area contributed by atoms with Crippen LogP contribution < -0.4 is 4.74 Å². The highest BCUT2D eigenvalue weighted by molar-refractivity contribution is 9.11. The predicted octanol–water partition coefficient (Wildman–Crippen LogP) is 2.74. The van der Waals surface area contributed by atoms with Gasteiger partial charge in [-0.25, -0.2) is 0 Å². The van der Waals surface area contributed by atoms with Crippen molar-refractivity contribution < 1.29 is 9.84 Å². The van der Waals surface area contributed by atoms with Crippen molar-refractivity contribution in [2.75, 3.05) is 7.11 Å². The van der Waals surface area contributed by atoms with Gasteiger partial charge in [-0.15, -0.1) is 0 Å². The molecule has 1 aliphatic rings. The maximum absolute atomic E-state index is 9.71. The van der Waals surface area contributed by atoms with Gasteiger partial charge in [-0.1, -0.05) is 22.0 Å².